The van der Waals surface area contributed by atoms with Crippen molar-refractivity contribution in [3.8, 4) is 0 Å². The Morgan fingerprint density at radius 3 is 2.71 bits per heavy atom. The van der Waals surface area contributed by atoms with Crippen LogP contribution in [0.4, 0.5) is 13.2 Å². The zero-order valence-electron chi connectivity index (χ0n) is 7.05. The predicted octanol–water partition coefficient (Wildman–Crippen LogP) is 2.01. The van der Waals surface area contributed by atoms with Crippen LogP contribution >= 0.6 is 11.6 Å². The Balaban J connectivity index is 2.80. The van der Waals surface area contributed by atoms with E-state index in [0.717, 1.165) is 6.20 Å². The second kappa shape index (κ2) is 4.61. The normalized spacial score (nSPS) is 13.3. The molecule has 0 fully saturated rings. The molecule has 0 amide bonds. The minimum Gasteiger partial charge on any atom is -0.323 e. The predicted molar refractivity (Wildman–Crippen MR) is 46.9 cm³/mol. The Bertz CT molecular complexity index is 319. The van der Waals surface area contributed by atoms with E-state index >= 15 is 0 Å². The fraction of sp³-hybridized carbons (Fsp3) is 0.375. The second-order valence-corrected chi connectivity index (χ2v) is 3.24. The van der Waals surface area contributed by atoms with Gasteiger partial charge < -0.3 is 5.73 Å². The molecule has 1 unspecified atom stereocenters. The highest BCUT2D eigenvalue weighted by atomic mass is 35.5. The number of hydrogen-bond acceptors (Lipinski definition) is 2. The maximum absolute atomic E-state index is 12.9. The Morgan fingerprint density at radius 2 is 2.14 bits per heavy atom. The van der Waals surface area contributed by atoms with Crippen molar-refractivity contribution in [3.05, 3.63) is 28.8 Å². The fourth-order valence-corrected chi connectivity index (χ4v) is 1.13. The first-order valence-electron chi connectivity index (χ1n) is 3.84. The van der Waals surface area contributed by atoms with Crippen LogP contribution in [0.15, 0.2) is 12.3 Å². The molecule has 0 radical (unpaired) electrons. The van der Waals surface area contributed by atoms with E-state index in [9.17, 15) is 13.2 Å². The summed E-state index contributed by atoms with van der Waals surface area (Å²) in [7, 11) is 0. The molecule has 2 nitrogen and oxygen atoms in total. The molecular weight excluding hydrogens is 217 g/mol. The number of rotatable bonds is 3. The lowest BCUT2D eigenvalue weighted by Crippen LogP contribution is -2.31. The Hall–Kier alpha value is -0.810. The number of hydrogen-bond donors (Lipinski definition) is 1. The quantitative estimate of drug-likeness (QED) is 0.798. The molecule has 0 aliphatic rings. The van der Waals surface area contributed by atoms with Crippen LogP contribution in [-0.2, 0) is 6.42 Å². The van der Waals surface area contributed by atoms with E-state index in [1.807, 2.05) is 0 Å². The molecule has 14 heavy (non-hydrogen) atoms. The minimum absolute atomic E-state index is 0.00491. The molecule has 1 aromatic heterocycles. The number of nitrogens with zero attached hydrogens (tertiary/aromatic N) is 1. The first-order chi connectivity index (χ1) is 6.50. The molecule has 6 heteroatoms. The van der Waals surface area contributed by atoms with Crippen LogP contribution < -0.4 is 5.73 Å². The highest BCUT2D eigenvalue weighted by Gasteiger charge is 2.18. The van der Waals surface area contributed by atoms with E-state index < -0.39 is 18.4 Å². The Labute approximate surface area is 83.9 Å². The Kier molecular flexibility index (Phi) is 3.71. The van der Waals surface area contributed by atoms with Crippen LogP contribution in [0.25, 0.3) is 0 Å². The van der Waals surface area contributed by atoms with Crippen LogP contribution in [0.2, 0.25) is 5.02 Å². The molecule has 0 saturated heterocycles. The van der Waals surface area contributed by atoms with Crippen molar-refractivity contribution in [1.29, 1.82) is 0 Å². The molecule has 78 valence electrons. The molecule has 0 aliphatic heterocycles. The molecule has 1 atom stereocenters. The monoisotopic (exact) mass is 224 g/mol. The van der Waals surface area contributed by atoms with Gasteiger partial charge in [-0.05, 0) is 12.5 Å². The SMILES string of the molecule is NC(Cc1cc(Cl)cnc1F)C(F)F. The second-order valence-electron chi connectivity index (χ2n) is 2.81. The van der Waals surface area contributed by atoms with Crippen molar-refractivity contribution in [1.82, 2.24) is 4.98 Å². The summed E-state index contributed by atoms with van der Waals surface area (Å²) in [5, 5.41) is 0.197. The average molecular weight is 225 g/mol. The zero-order valence-corrected chi connectivity index (χ0v) is 7.81. The van der Waals surface area contributed by atoms with Gasteiger partial charge in [-0.1, -0.05) is 11.6 Å². The maximum atomic E-state index is 12.9. The van der Waals surface area contributed by atoms with E-state index in [1.54, 1.807) is 0 Å². The molecule has 0 aromatic carbocycles. The number of alkyl halides is 2. The lowest BCUT2D eigenvalue weighted by Gasteiger charge is -2.10. The van der Waals surface area contributed by atoms with Crippen molar-refractivity contribution in [3.63, 3.8) is 0 Å². The highest BCUT2D eigenvalue weighted by molar-refractivity contribution is 6.30. The van der Waals surface area contributed by atoms with E-state index in [2.05, 4.69) is 4.98 Å². The fourth-order valence-electron chi connectivity index (χ4n) is 0.951. The standard InChI is InChI=1S/C8H8ClF3N2/c9-5-1-4(8(12)14-3-5)2-6(13)7(10)11/h1,3,6-7H,2,13H2. The molecular formula is C8H8ClF3N2. The van der Waals surface area contributed by atoms with Gasteiger partial charge in [0, 0.05) is 11.8 Å². The van der Waals surface area contributed by atoms with Gasteiger partial charge in [0.15, 0.2) is 0 Å². The van der Waals surface area contributed by atoms with Crippen molar-refractivity contribution in [2.75, 3.05) is 0 Å². The molecule has 1 aromatic rings. The van der Waals surface area contributed by atoms with Crippen molar-refractivity contribution in [2.45, 2.75) is 18.9 Å². The summed E-state index contributed by atoms with van der Waals surface area (Å²) in [5.74, 6) is -0.814. The third-order valence-electron chi connectivity index (χ3n) is 1.66. The van der Waals surface area contributed by atoms with Crippen LogP contribution in [0.3, 0.4) is 0 Å². The van der Waals surface area contributed by atoms with Crippen LogP contribution in [-0.4, -0.2) is 17.5 Å². The number of pyridine rings is 1. The summed E-state index contributed by atoms with van der Waals surface area (Å²) < 4.78 is 37.0. The zero-order chi connectivity index (χ0) is 10.7. The van der Waals surface area contributed by atoms with Crippen molar-refractivity contribution >= 4 is 11.6 Å². The molecule has 1 rings (SSSR count). The van der Waals surface area contributed by atoms with E-state index in [1.165, 1.54) is 6.07 Å². The van der Waals surface area contributed by atoms with Gasteiger partial charge in [0.05, 0.1) is 11.1 Å². The summed E-state index contributed by atoms with van der Waals surface area (Å²) in [6.07, 6.45) is -1.86. The first-order valence-corrected chi connectivity index (χ1v) is 4.22. The van der Waals surface area contributed by atoms with Gasteiger partial charge in [-0.3, -0.25) is 0 Å². The van der Waals surface area contributed by atoms with Crippen LogP contribution in [0.5, 0.6) is 0 Å². The van der Waals surface area contributed by atoms with Gasteiger partial charge in [0.2, 0.25) is 5.95 Å². The third-order valence-corrected chi connectivity index (χ3v) is 1.86. The van der Waals surface area contributed by atoms with E-state index in [0.29, 0.717) is 0 Å². The van der Waals surface area contributed by atoms with Crippen LogP contribution in [0.1, 0.15) is 5.56 Å². The van der Waals surface area contributed by atoms with E-state index in [-0.39, 0.29) is 17.0 Å². The molecule has 0 aliphatic carbocycles. The maximum Gasteiger partial charge on any atom is 0.253 e. The molecule has 0 bridgehead atoms. The van der Waals surface area contributed by atoms with Crippen molar-refractivity contribution in [2.24, 2.45) is 5.73 Å². The largest absolute Gasteiger partial charge is 0.323 e. The van der Waals surface area contributed by atoms with Crippen LogP contribution in [0, 0.1) is 5.95 Å². The molecule has 0 saturated carbocycles. The summed E-state index contributed by atoms with van der Waals surface area (Å²) in [6.45, 7) is 0. The van der Waals surface area contributed by atoms with Gasteiger partial charge in [-0.25, -0.2) is 13.8 Å². The molecule has 1 heterocycles. The number of aromatic nitrogens is 1. The molecule has 2 N–H and O–H groups in total. The lowest BCUT2D eigenvalue weighted by atomic mass is 10.1. The third kappa shape index (κ3) is 2.85. The molecule has 0 spiro atoms. The Morgan fingerprint density at radius 1 is 1.50 bits per heavy atom. The minimum atomic E-state index is -2.69. The smallest absolute Gasteiger partial charge is 0.253 e. The van der Waals surface area contributed by atoms with Gasteiger partial charge in [-0.15, -0.1) is 0 Å². The average Bonchev–Trinajstić information content (AvgIpc) is 2.11. The summed E-state index contributed by atoms with van der Waals surface area (Å²) in [5.41, 5.74) is 5.08. The van der Waals surface area contributed by atoms with E-state index in [4.69, 9.17) is 17.3 Å². The number of halogens is 4. The lowest BCUT2D eigenvalue weighted by molar-refractivity contribution is 0.115. The van der Waals surface area contributed by atoms with Gasteiger partial charge in [-0.2, -0.15) is 4.39 Å². The van der Waals surface area contributed by atoms with Gasteiger partial charge in [0.25, 0.3) is 6.43 Å². The summed E-state index contributed by atoms with van der Waals surface area (Å²) in [4.78, 5) is 3.29. The van der Waals surface area contributed by atoms with Crippen molar-refractivity contribution < 1.29 is 13.2 Å². The topological polar surface area (TPSA) is 38.9 Å². The van der Waals surface area contributed by atoms with Gasteiger partial charge >= 0.3 is 0 Å². The summed E-state index contributed by atoms with van der Waals surface area (Å²) in [6, 6.07) is -0.156. The highest BCUT2D eigenvalue weighted by Crippen LogP contribution is 2.15. The van der Waals surface area contributed by atoms with Gasteiger partial charge in [0.1, 0.15) is 0 Å². The first kappa shape index (κ1) is 11.3. The summed E-state index contributed by atoms with van der Waals surface area (Å²) >= 11 is 5.52. The number of nitrogens with two attached hydrogens (primary N) is 1.